The van der Waals surface area contributed by atoms with Crippen LogP contribution in [0.2, 0.25) is 19.6 Å². The zero-order valence-corrected chi connectivity index (χ0v) is 12.6. The first-order valence-corrected chi connectivity index (χ1v) is 9.88. The van der Waals surface area contributed by atoms with Crippen LogP contribution in [0.15, 0.2) is 54.6 Å². The van der Waals surface area contributed by atoms with Crippen LogP contribution in [0.3, 0.4) is 0 Å². The van der Waals surface area contributed by atoms with Crippen molar-refractivity contribution in [1.82, 2.24) is 0 Å². The predicted octanol–water partition coefficient (Wildman–Crippen LogP) is 4.00. The molecule has 0 bridgehead atoms. The topological polar surface area (TPSA) is 3.24 Å². The minimum absolute atomic E-state index is 1.23. The number of rotatable bonds is 3. The summed E-state index contributed by atoms with van der Waals surface area (Å²) in [6, 6.07) is 19.4. The quantitative estimate of drug-likeness (QED) is 0.749. The molecule has 1 nitrogen and oxygen atoms in total. The Morgan fingerprint density at radius 2 is 1.39 bits per heavy atom. The lowest BCUT2D eigenvalue weighted by molar-refractivity contribution is 1.21. The second kappa shape index (κ2) is 4.98. The fourth-order valence-electron chi connectivity index (χ4n) is 1.98. The van der Waals surface area contributed by atoms with E-state index in [1.165, 1.54) is 16.6 Å². The first kappa shape index (κ1) is 12.9. The molecule has 0 aromatic heterocycles. The minimum Gasteiger partial charge on any atom is -0.345 e. The Bertz CT molecular complexity index is 514. The van der Waals surface area contributed by atoms with Crippen LogP contribution < -0.4 is 10.1 Å². The molecular formula is C16H21NSi. The summed E-state index contributed by atoms with van der Waals surface area (Å²) >= 11 is 0. The van der Waals surface area contributed by atoms with Gasteiger partial charge in [0.2, 0.25) is 0 Å². The lowest BCUT2D eigenvalue weighted by Gasteiger charge is -2.23. The molecule has 0 saturated heterocycles. The third-order valence-corrected chi connectivity index (χ3v) is 5.29. The van der Waals surface area contributed by atoms with Crippen LogP contribution in [-0.4, -0.2) is 15.1 Å². The van der Waals surface area contributed by atoms with E-state index in [1.54, 1.807) is 0 Å². The van der Waals surface area contributed by atoms with E-state index < -0.39 is 8.07 Å². The van der Waals surface area contributed by atoms with Crippen molar-refractivity contribution in [3.63, 3.8) is 0 Å². The van der Waals surface area contributed by atoms with Crippen LogP contribution in [0.4, 0.5) is 11.4 Å². The summed E-state index contributed by atoms with van der Waals surface area (Å²) < 4.78 is 0. The molecule has 2 rings (SSSR count). The van der Waals surface area contributed by atoms with Crippen LogP contribution in [0.1, 0.15) is 0 Å². The van der Waals surface area contributed by atoms with Gasteiger partial charge in [0.25, 0.3) is 0 Å². The molecule has 0 radical (unpaired) electrons. The third kappa shape index (κ3) is 2.82. The molecule has 0 fully saturated rings. The molecule has 0 unspecified atom stereocenters. The van der Waals surface area contributed by atoms with E-state index in [0.29, 0.717) is 0 Å². The number of benzene rings is 2. The van der Waals surface area contributed by atoms with Crippen molar-refractivity contribution in [3.05, 3.63) is 54.6 Å². The molecule has 0 N–H and O–H groups in total. The van der Waals surface area contributed by atoms with Crippen LogP contribution in [0.5, 0.6) is 0 Å². The Hall–Kier alpha value is -1.54. The second-order valence-electron chi connectivity index (χ2n) is 5.69. The van der Waals surface area contributed by atoms with Gasteiger partial charge in [-0.25, -0.2) is 0 Å². The van der Waals surface area contributed by atoms with Crippen molar-refractivity contribution in [2.45, 2.75) is 19.6 Å². The first-order chi connectivity index (χ1) is 8.48. The molecule has 0 aliphatic rings. The Morgan fingerprint density at radius 3 is 2.00 bits per heavy atom. The van der Waals surface area contributed by atoms with Crippen molar-refractivity contribution in [2.24, 2.45) is 0 Å². The van der Waals surface area contributed by atoms with Crippen LogP contribution in [0.25, 0.3) is 0 Å². The molecule has 2 heteroatoms. The Labute approximate surface area is 111 Å². The highest BCUT2D eigenvalue weighted by molar-refractivity contribution is 6.88. The van der Waals surface area contributed by atoms with Crippen LogP contribution in [-0.2, 0) is 0 Å². The Morgan fingerprint density at radius 1 is 0.778 bits per heavy atom. The molecule has 0 aliphatic heterocycles. The number of nitrogens with zero attached hydrogens (tertiary/aromatic N) is 1. The van der Waals surface area contributed by atoms with E-state index in [2.05, 4.69) is 86.2 Å². The molecule has 0 heterocycles. The predicted molar refractivity (Wildman–Crippen MR) is 83.9 cm³/mol. The summed E-state index contributed by atoms with van der Waals surface area (Å²) in [7, 11) is 0.885. The van der Waals surface area contributed by atoms with Crippen LogP contribution >= 0.6 is 0 Å². The standard InChI is InChI=1S/C16H21NSi/c1-17(14-9-6-5-7-10-14)15-11-8-12-16(13-15)18(2,3)4/h5-13H,1-4H3. The zero-order valence-electron chi connectivity index (χ0n) is 11.6. The Kier molecular flexibility index (Phi) is 3.57. The molecule has 18 heavy (non-hydrogen) atoms. The highest BCUT2D eigenvalue weighted by Crippen LogP contribution is 2.22. The lowest BCUT2D eigenvalue weighted by Crippen LogP contribution is -2.37. The van der Waals surface area contributed by atoms with Gasteiger partial charge in [-0.3, -0.25) is 0 Å². The van der Waals surface area contributed by atoms with Gasteiger partial charge in [-0.15, -0.1) is 0 Å². The number of anilines is 2. The average molecular weight is 255 g/mol. The Balaban J connectivity index is 2.35. The summed E-state index contributed by atoms with van der Waals surface area (Å²) in [5.41, 5.74) is 2.49. The highest BCUT2D eigenvalue weighted by atomic mass is 28.3. The van der Waals surface area contributed by atoms with E-state index in [1.807, 2.05) is 0 Å². The van der Waals surface area contributed by atoms with Gasteiger partial charge in [0.15, 0.2) is 0 Å². The SMILES string of the molecule is CN(c1ccccc1)c1cccc([Si](C)(C)C)c1. The van der Waals surface area contributed by atoms with Gasteiger partial charge < -0.3 is 4.90 Å². The molecular weight excluding hydrogens is 234 g/mol. The summed E-state index contributed by atoms with van der Waals surface area (Å²) in [5.74, 6) is 0. The van der Waals surface area contributed by atoms with Crippen molar-refractivity contribution in [3.8, 4) is 0 Å². The number of hydrogen-bond acceptors (Lipinski definition) is 1. The van der Waals surface area contributed by atoms with E-state index >= 15 is 0 Å². The molecule has 2 aromatic rings. The van der Waals surface area contributed by atoms with Gasteiger partial charge in [-0.05, 0) is 24.3 Å². The van der Waals surface area contributed by atoms with Gasteiger partial charge in [0, 0.05) is 18.4 Å². The zero-order chi connectivity index (χ0) is 13.2. The maximum Gasteiger partial charge on any atom is 0.0776 e. The fourth-order valence-corrected chi connectivity index (χ4v) is 3.16. The van der Waals surface area contributed by atoms with Gasteiger partial charge >= 0.3 is 0 Å². The monoisotopic (exact) mass is 255 g/mol. The van der Waals surface area contributed by atoms with Gasteiger partial charge in [0.05, 0.1) is 8.07 Å². The number of para-hydroxylation sites is 1. The van der Waals surface area contributed by atoms with Gasteiger partial charge in [-0.2, -0.15) is 0 Å². The maximum absolute atomic E-state index is 2.38. The fraction of sp³-hybridized carbons (Fsp3) is 0.250. The van der Waals surface area contributed by atoms with Gasteiger partial charge in [0.1, 0.15) is 0 Å². The average Bonchev–Trinajstić information content (AvgIpc) is 2.38. The van der Waals surface area contributed by atoms with E-state index in [9.17, 15) is 0 Å². The van der Waals surface area contributed by atoms with Crippen molar-refractivity contribution in [1.29, 1.82) is 0 Å². The minimum atomic E-state index is -1.24. The smallest absolute Gasteiger partial charge is 0.0776 e. The molecule has 94 valence electrons. The molecule has 0 amide bonds. The van der Waals surface area contributed by atoms with E-state index in [0.717, 1.165) is 0 Å². The third-order valence-electron chi connectivity index (χ3n) is 3.24. The molecule has 0 saturated carbocycles. The van der Waals surface area contributed by atoms with E-state index in [-0.39, 0.29) is 0 Å². The molecule has 2 aromatic carbocycles. The summed E-state index contributed by atoms with van der Waals surface area (Å²) in [6.45, 7) is 7.15. The summed E-state index contributed by atoms with van der Waals surface area (Å²) in [4.78, 5) is 2.24. The molecule has 0 atom stereocenters. The highest BCUT2D eigenvalue weighted by Gasteiger charge is 2.17. The summed E-state index contributed by atoms with van der Waals surface area (Å²) in [6.07, 6.45) is 0. The van der Waals surface area contributed by atoms with Crippen LogP contribution in [0, 0.1) is 0 Å². The first-order valence-electron chi connectivity index (χ1n) is 6.38. The van der Waals surface area contributed by atoms with Crippen molar-refractivity contribution < 1.29 is 0 Å². The molecule has 0 spiro atoms. The largest absolute Gasteiger partial charge is 0.345 e. The lowest BCUT2D eigenvalue weighted by atomic mass is 10.2. The second-order valence-corrected chi connectivity index (χ2v) is 10.8. The molecule has 0 aliphatic carbocycles. The normalized spacial score (nSPS) is 11.3. The van der Waals surface area contributed by atoms with Gasteiger partial charge in [-0.1, -0.05) is 55.2 Å². The summed E-state index contributed by atoms with van der Waals surface area (Å²) in [5, 5.41) is 1.50. The van der Waals surface area contributed by atoms with E-state index in [4.69, 9.17) is 0 Å². The van der Waals surface area contributed by atoms with Crippen molar-refractivity contribution in [2.75, 3.05) is 11.9 Å². The maximum atomic E-state index is 2.38. The van der Waals surface area contributed by atoms with Crippen molar-refractivity contribution >= 4 is 24.6 Å². The number of hydrogen-bond donors (Lipinski definition) is 0.